The van der Waals surface area contributed by atoms with Gasteiger partial charge in [-0.3, -0.25) is 0 Å². The molecule has 0 bridgehead atoms. The van der Waals surface area contributed by atoms with Gasteiger partial charge in [0.1, 0.15) is 6.10 Å². The molecule has 2 atom stereocenters. The molecule has 0 saturated carbocycles. The molecule has 0 radical (unpaired) electrons. The molecule has 0 spiro atoms. The maximum atomic E-state index is 5.96. The summed E-state index contributed by atoms with van der Waals surface area (Å²) in [6.45, 7) is 2.62. The molecule has 1 saturated heterocycles. The largest absolute Gasteiger partial charge is 0.347 e. The van der Waals surface area contributed by atoms with Gasteiger partial charge in [-0.1, -0.05) is 30.3 Å². The second-order valence-corrected chi connectivity index (χ2v) is 4.63. The topological polar surface area (TPSA) is 18.5 Å². The molecule has 0 aliphatic carbocycles. The maximum absolute atomic E-state index is 5.96. The number of rotatable bonds is 4. The van der Waals surface area contributed by atoms with Crippen LogP contribution in [0.2, 0.25) is 0 Å². The summed E-state index contributed by atoms with van der Waals surface area (Å²) in [6.07, 6.45) is 1.82. The van der Waals surface area contributed by atoms with Crippen molar-refractivity contribution in [1.29, 1.82) is 0 Å². The van der Waals surface area contributed by atoms with Crippen molar-refractivity contribution in [3.8, 4) is 0 Å². The molecule has 1 aliphatic heterocycles. The van der Waals surface area contributed by atoms with Gasteiger partial charge >= 0.3 is 0 Å². The van der Waals surface area contributed by atoms with Crippen LogP contribution in [-0.4, -0.2) is 18.3 Å². The van der Waals surface area contributed by atoms with Crippen LogP contribution in [0.1, 0.15) is 31.4 Å². The van der Waals surface area contributed by atoms with Gasteiger partial charge in [0, 0.05) is 12.3 Å². The van der Waals surface area contributed by atoms with Gasteiger partial charge in [0.2, 0.25) is 0 Å². The summed E-state index contributed by atoms with van der Waals surface area (Å²) in [5.41, 5.74) is 1.18. The second-order valence-electron chi connectivity index (χ2n) is 4.25. The fourth-order valence-electron chi connectivity index (χ4n) is 1.97. The van der Waals surface area contributed by atoms with Gasteiger partial charge in [-0.2, -0.15) is 0 Å². The lowest BCUT2D eigenvalue weighted by Gasteiger charge is -2.22. The van der Waals surface area contributed by atoms with Crippen molar-refractivity contribution in [2.75, 3.05) is 12.5 Å². The third-order valence-electron chi connectivity index (χ3n) is 2.87. The average Bonchev–Trinajstić information content (AvgIpc) is 2.71. The van der Waals surface area contributed by atoms with Gasteiger partial charge < -0.3 is 9.47 Å². The number of hydrogen-bond donors (Lipinski definition) is 0. The van der Waals surface area contributed by atoms with Crippen LogP contribution >= 0.6 is 11.6 Å². The zero-order valence-corrected chi connectivity index (χ0v) is 10.2. The molecule has 1 aromatic carbocycles. The van der Waals surface area contributed by atoms with E-state index in [1.54, 1.807) is 0 Å². The molecule has 1 heterocycles. The fraction of sp³-hybridized carbons (Fsp3) is 0.538. The molecular weight excluding hydrogens is 224 g/mol. The van der Waals surface area contributed by atoms with Crippen molar-refractivity contribution in [1.82, 2.24) is 0 Å². The van der Waals surface area contributed by atoms with E-state index in [0.29, 0.717) is 12.5 Å². The Morgan fingerprint density at radius 1 is 1.38 bits per heavy atom. The normalized spacial score (nSPS) is 29.5. The van der Waals surface area contributed by atoms with Crippen LogP contribution in [0.5, 0.6) is 0 Å². The van der Waals surface area contributed by atoms with Crippen LogP contribution in [0, 0.1) is 0 Å². The van der Waals surface area contributed by atoms with Gasteiger partial charge in [-0.05, 0) is 18.9 Å². The highest BCUT2D eigenvalue weighted by Crippen LogP contribution is 2.35. The number of hydrogen-bond acceptors (Lipinski definition) is 2. The van der Waals surface area contributed by atoms with Crippen molar-refractivity contribution in [2.24, 2.45) is 0 Å². The molecule has 0 N–H and O–H groups in total. The summed E-state index contributed by atoms with van der Waals surface area (Å²) < 4.78 is 11.7. The zero-order chi connectivity index (χ0) is 11.4. The lowest BCUT2D eigenvalue weighted by atomic mass is 10.1. The number of ether oxygens (including phenoxy) is 2. The molecule has 2 nitrogen and oxygen atoms in total. The Bertz CT molecular complexity index is 328. The molecular formula is C13H17ClO2. The van der Waals surface area contributed by atoms with Gasteiger partial charge in [0.15, 0.2) is 5.79 Å². The Hall–Kier alpha value is -0.570. The zero-order valence-electron chi connectivity index (χ0n) is 9.49. The fourth-order valence-corrected chi connectivity index (χ4v) is 2.11. The van der Waals surface area contributed by atoms with E-state index < -0.39 is 5.79 Å². The first-order chi connectivity index (χ1) is 7.73. The van der Waals surface area contributed by atoms with Crippen molar-refractivity contribution < 1.29 is 9.47 Å². The van der Waals surface area contributed by atoms with Crippen LogP contribution in [-0.2, 0) is 9.47 Å². The third kappa shape index (κ3) is 2.76. The van der Waals surface area contributed by atoms with Crippen molar-refractivity contribution in [3.05, 3.63) is 35.9 Å². The second kappa shape index (κ2) is 5.17. The van der Waals surface area contributed by atoms with E-state index in [0.717, 1.165) is 12.8 Å². The van der Waals surface area contributed by atoms with Gasteiger partial charge in [0.05, 0.1) is 6.61 Å². The predicted octanol–water partition coefficient (Wildman–Crippen LogP) is 3.51. The Balaban J connectivity index is 1.97. The molecule has 1 aromatic rings. The van der Waals surface area contributed by atoms with Crippen LogP contribution in [0.3, 0.4) is 0 Å². The van der Waals surface area contributed by atoms with E-state index in [1.165, 1.54) is 5.56 Å². The Labute approximate surface area is 102 Å². The number of halogens is 1. The van der Waals surface area contributed by atoms with E-state index in [1.807, 2.05) is 25.1 Å². The lowest BCUT2D eigenvalue weighted by molar-refractivity contribution is -0.159. The van der Waals surface area contributed by atoms with E-state index in [2.05, 4.69) is 12.1 Å². The van der Waals surface area contributed by atoms with Crippen molar-refractivity contribution in [3.63, 3.8) is 0 Å². The van der Waals surface area contributed by atoms with E-state index in [4.69, 9.17) is 21.1 Å². The lowest BCUT2D eigenvalue weighted by Crippen LogP contribution is -2.25. The maximum Gasteiger partial charge on any atom is 0.166 e. The molecule has 1 aliphatic rings. The Morgan fingerprint density at radius 3 is 2.81 bits per heavy atom. The minimum Gasteiger partial charge on any atom is -0.347 e. The van der Waals surface area contributed by atoms with Crippen LogP contribution in [0.4, 0.5) is 0 Å². The quantitative estimate of drug-likeness (QED) is 0.750. The first-order valence-corrected chi connectivity index (χ1v) is 6.20. The smallest absolute Gasteiger partial charge is 0.166 e. The minimum atomic E-state index is -0.463. The van der Waals surface area contributed by atoms with Gasteiger partial charge in [-0.15, -0.1) is 11.6 Å². The Morgan fingerprint density at radius 2 is 2.12 bits per heavy atom. The summed E-state index contributed by atoms with van der Waals surface area (Å²) in [7, 11) is 0. The van der Waals surface area contributed by atoms with Crippen molar-refractivity contribution >= 4 is 11.6 Å². The predicted molar refractivity (Wildman–Crippen MR) is 64.6 cm³/mol. The minimum absolute atomic E-state index is 0.0570. The molecule has 2 unspecified atom stereocenters. The van der Waals surface area contributed by atoms with Gasteiger partial charge in [0.25, 0.3) is 0 Å². The third-order valence-corrected chi connectivity index (χ3v) is 3.13. The molecule has 0 aromatic heterocycles. The summed E-state index contributed by atoms with van der Waals surface area (Å²) in [5.74, 6) is 0.188. The molecule has 3 heteroatoms. The summed E-state index contributed by atoms with van der Waals surface area (Å²) in [4.78, 5) is 0. The number of alkyl halides is 1. The number of benzene rings is 1. The summed E-state index contributed by atoms with van der Waals surface area (Å²) in [5, 5.41) is 0. The standard InChI is InChI=1S/C13H17ClO2/c1-13(8-5-9-14)15-10-12(16-13)11-6-3-2-4-7-11/h2-4,6-7,12H,5,8-10H2,1H3. The summed E-state index contributed by atoms with van der Waals surface area (Å²) >= 11 is 5.68. The molecule has 16 heavy (non-hydrogen) atoms. The first-order valence-electron chi connectivity index (χ1n) is 5.66. The van der Waals surface area contributed by atoms with Crippen LogP contribution < -0.4 is 0 Å². The van der Waals surface area contributed by atoms with Crippen molar-refractivity contribution in [2.45, 2.75) is 31.7 Å². The Kier molecular flexibility index (Phi) is 3.85. The van der Waals surface area contributed by atoms with Gasteiger partial charge in [-0.25, -0.2) is 0 Å². The monoisotopic (exact) mass is 240 g/mol. The highest BCUT2D eigenvalue weighted by Gasteiger charge is 2.37. The molecule has 2 rings (SSSR count). The SMILES string of the molecule is CC1(CCCCl)OCC(c2ccccc2)O1. The van der Waals surface area contributed by atoms with Crippen LogP contribution in [0.15, 0.2) is 30.3 Å². The van der Waals surface area contributed by atoms with Crippen LogP contribution in [0.25, 0.3) is 0 Å². The summed E-state index contributed by atoms with van der Waals surface area (Å²) in [6, 6.07) is 10.2. The molecule has 88 valence electrons. The van der Waals surface area contributed by atoms with E-state index in [-0.39, 0.29) is 6.10 Å². The highest BCUT2D eigenvalue weighted by atomic mass is 35.5. The molecule has 0 amide bonds. The highest BCUT2D eigenvalue weighted by molar-refractivity contribution is 6.17. The first kappa shape index (κ1) is 11.9. The average molecular weight is 241 g/mol. The van der Waals surface area contributed by atoms with E-state index in [9.17, 15) is 0 Å². The molecule has 1 fully saturated rings. The van der Waals surface area contributed by atoms with E-state index >= 15 is 0 Å².